The molecular formula is C16H27IN4O2S2. The minimum absolute atomic E-state index is 0. The molecule has 6 nitrogen and oxygen atoms in total. The van der Waals surface area contributed by atoms with E-state index in [1.165, 1.54) is 17.8 Å². The van der Waals surface area contributed by atoms with Crippen LogP contribution in [-0.4, -0.2) is 49.8 Å². The first kappa shape index (κ1) is 20.9. The average Bonchev–Trinajstić information content (AvgIpc) is 3.11. The predicted octanol–water partition coefficient (Wildman–Crippen LogP) is 2.84. The topological polar surface area (TPSA) is 79.0 Å². The van der Waals surface area contributed by atoms with Gasteiger partial charge in [0.05, 0.1) is 6.54 Å². The van der Waals surface area contributed by atoms with Crippen LogP contribution in [0.5, 0.6) is 0 Å². The fraction of sp³-hybridized carbons (Fsp3) is 0.688. The van der Waals surface area contributed by atoms with Crippen molar-refractivity contribution in [1.82, 2.24) is 9.21 Å². The third kappa shape index (κ3) is 5.30. The molecule has 2 aliphatic heterocycles. The number of aliphatic imine (C=N–C) groups is 1. The molecule has 0 radical (unpaired) electrons. The number of hydrogen-bond acceptors (Lipinski definition) is 4. The lowest BCUT2D eigenvalue weighted by atomic mass is 10.1. The van der Waals surface area contributed by atoms with Crippen molar-refractivity contribution in [1.29, 1.82) is 0 Å². The number of nitrogens with two attached hydrogens (primary N) is 1. The Labute approximate surface area is 171 Å². The molecular weight excluding hydrogens is 471 g/mol. The Morgan fingerprint density at radius 3 is 2.28 bits per heavy atom. The van der Waals surface area contributed by atoms with Crippen LogP contribution in [0.1, 0.15) is 43.4 Å². The van der Waals surface area contributed by atoms with E-state index in [1.54, 1.807) is 10.4 Å². The molecule has 3 rings (SSSR count). The monoisotopic (exact) mass is 498 g/mol. The van der Waals surface area contributed by atoms with Gasteiger partial charge >= 0.3 is 0 Å². The quantitative estimate of drug-likeness (QED) is 0.394. The van der Waals surface area contributed by atoms with E-state index in [2.05, 4.69) is 9.89 Å². The number of piperidine rings is 2. The Kier molecular flexibility index (Phi) is 7.96. The van der Waals surface area contributed by atoms with Gasteiger partial charge in [-0.15, -0.1) is 35.3 Å². The van der Waals surface area contributed by atoms with Crippen LogP contribution in [-0.2, 0) is 16.6 Å². The third-order valence-electron chi connectivity index (χ3n) is 4.62. The number of guanidine groups is 1. The Morgan fingerprint density at radius 2 is 1.64 bits per heavy atom. The zero-order valence-electron chi connectivity index (χ0n) is 14.4. The van der Waals surface area contributed by atoms with E-state index in [0.29, 0.717) is 29.8 Å². The summed E-state index contributed by atoms with van der Waals surface area (Å²) in [6.45, 7) is 3.65. The van der Waals surface area contributed by atoms with Crippen LogP contribution in [0, 0.1) is 0 Å². The van der Waals surface area contributed by atoms with Crippen molar-refractivity contribution in [3.05, 3.63) is 17.0 Å². The minimum Gasteiger partial charge on any atom is -0.370 e. The molecule has 0 unspecified atom stereocenters. The molecule has 0 amide bonds. The molecule has 0 atom stereocenters. The van der Waals surface area contributed by atoms with Crippen LogP contribution in [0.15, 0.2) is 21.3 Å². The number of thiophene rings is 1. The van der Waals surface area contributed by atoms with Crippen LogP contribution >= 0.6 is 35.3 Å². The number of hydrogen-bond donors (Lipinski definition) is 1. The molecule has 0 aliphatic carbocycles. The Hall–Kier alpha value is -0.390. The molecule has 2 saturated heterocycles. The van der Waals surface area contributed by atoms with Gasteiger partial charge in [-0.3, -0.25) is 0 Å². The van der Waals surface area contributed by atoms with Crippen molar-refractivity contribution in [3.63, 3.8) is 0 Å². The first-order valence-electron chi connectivity index (χ1n) is 8.71. The maximum Gasteiger partial charge on any atom is 0.252 e. The lowest BCUT2D eigenvalue weighted by Crippen LogP contribution is -2.40. The molecule has 3 heterocycles. The van der Waals surface area contributed by atoms with E-state index in [0.717, 1.165) is 50.1 Å². The fourth-order valence-electron chi connectivity index (χ4n) is 3.20. The summed E-state index contributed by atoms with van der Waals surface area (Å²) in [7, 11) is -3.34. The van der Waals surface area contributed by atoms with Crippen molar-refractivity contribution in [2.45, 2.75) is 49.3 Å². The molecule has 2 fully saturated rings. The molecule has 0 aromatic carbocycles. The fourth-order valence-corrected chi connectivity index (χ4v) is 6.15. The highest BCUT2D eigenvalue weighted by Crippen LogP contribution is 2.27. The van der Waals surface area contributed by atoms with Crippen molar-refractivity contribution in [2.24, 2.45) is 10.7 Å². The summed E-state index contributed by atoms with van der Waals surface area (Å²) in [4.78, 5) is 7.50. The summed E-state index contributed by atoms with van der Waals surface area (Å²) in [5.74, 6) is 0.573. The number of sulfonamides is 1. The molecule has 9 heteroatoms. The molecule has 0 spiro atoms. The van der Waals surface area contributed by atoms with Gasteiger partial charge < -0.3 is 10.6 Å². The number of nitrogens with zero attached hydrogens (tertiary/aromatic N) is 3. The predicted molar refractivity (Wildman–Crippen MR) is 113 cm³/mol. The number of rotatable bonds is 4. The summed E-state index contributed by atoms with van der Waals surface area (Å²) in [6, 6.07) is 3.56. The summed E-state index contributed by atoms with van der Waals surface area (Å²) in [6.07, 6.45) is 6.60. The smallest absolute Gasteiger partial charge is 0.252 e. The minimum atomic E-state index is -3.34. The van der Waals surface area contributed by atoms with Crippen molar-refractivity contribution >= 4 is 51.3 Å². The van der Waals surface area contributed by atoms with E-state index in [4.69, 9.17) is 5.73 Å². The van der Waals surface area contributed by atoms with Crippen molar-refractivity contribution in [2.75, 3.05) is 26.2 Å². The summed E-state index contributed by atoms with van der Waals surface area (Å²) < 4.78 is 27.3. The van der Waals surface area contributed by atoms with Gasteiger partial charge in [0.15, 0.2) is 5.96 Å². The van der Waals surface area contributed by atoms with E-state index < -0.39 is 10.0 Å². The maximum absolute atomic E-state index is 12.7. The van der Waals surface area contributed by atoms with Crippen LogP contribution in [0.3, 0.4) is 0 Å². The molecule has 25 heavy (non-hydrogen) atoms. The highest BCUT2D eigenvalue weighted by Gasteiger charge is 2.27. The summed E-state index contributed by atoms with van der Waals surface area (Å²) in [5, 5.41) is 0. The second-order valence-electron chi connectivity index (χ2n) is 6.41. The summed E-state index contributed by atoms with van der Waals surface area (Å²) >= 11 is 1.31. The molecule has 0 saturated carbocycles. The van der Waals surface area contributed by atoms with Gasteiger partial charge in [-0.05, 0) is 44.2 Å². The van der Waals surface area contributed by atoms with E-state index in [9.17, 15) is 8.42 Å². The van der Waals surface area contributed by atoms with Gasteiger partial charge in [-0.1, -0.05) is 6.42 Å². The van der Waals surface area contributed by atoms with Gasteiger partial charge in [-0.2, -0.15) is 4.31 Å². The zero-order chi connectivity index (χ0) is 17.0. The maximum atomic E-state index is 12.7. The second-order valence-corrected chi connectivity index (χ2v) is 9.74. The van der Waals surface area contributed by atoms with Gasteiger partial charge in [0.2, 0.25) is 0 Å². The standard InChI is InChI=1S/C16H26N4O2S2.HI/c17-16(19-9-3-1-4-10-19)18-13-14-7-8-15(23-14)24(21,22)20-11-5-2-6-12-20;/h7-8H,1-6,9-13H2,(H2,17,18);1H. The van der Waals surface area contributed by atoms with Gasteiger partial charge in [0, 0.05) is 31.1 Å². The first-order valence-corrected chi connectivity index (χ1v) is 11.0. The molecule has 142 valence electrons. The van der Waals surface area contributed by atoms with Crippen LogP contribution in [0.2, 0.25) is 0 Å². The second kappa shape index (κ2) is 9.52. The first-order chi connectivity index (χ1) is 11.6. The van der Waals surface area contributed by atoms with Crippen LogP contribution in [0.4, 0.5) is 0 Å². The number of halogens is 1. The SMILES string of the molecule is I.NC(=NCc1ccc(S(=O)(=O)N2CCCCC2)s1)N1CCCCC1. The Morgan fingerprint density at radius 1 is 1.04 bits per heavy atom. The molecule has 2 aliphatic rings. The van der Waals surface area contributed by atoms with Crippen LogP contribution < -0.4 is 5.73 Å². The Balaban J connectivity index is 0.00000225. The van der Waals surface area contributed by atoms with E-state index in [1.807, 2.05) is 6.07 Å². The highest BCUT2D eigenvalue weighted by molar-refractivity contribution is 14.0. The zero-order valence-corrected chi connectivity index (χ0v) is 18.4. The third-order valence-corrected chi connectivity index (χ3v) is 8.06. The summed E-state index contributed by atoms with van der Waals surface area (Å²) in [5.41, 5.74) is 6.06. The van der Waals surface area contributed by atoms with Gasteiger partial charge in [-0.25, -0.2) is 13.4 Å². The van der Waals surface area contributed by atoms with Gasteiger partial charge in [0.1, 0.15) is 4.21 Å². The van der Waals surface area contributed by atoms with Crippen molar-refractivity contribution < 1.29 is 8.42 Å². The van der Waals surface area contributed by atoms with Crippen molar-refractivity contribution in [3.8, 4) is 0 Å². The lowest BCUT2D eigenvalue weighted by Gasteiger charge is -2.27. The molecule has 1 aromatic rings. The van der Waals surface area contributed by atoms with Crippen LogP contribution in [0.25, 0.3) is 0 Å². The normalized spacial score (nSPS) is 20.3. The Bertz CT molecular complexity index is 678. The average molecular weight is 498 g/mol. The molecule has 0 bridgehead atoms. The molecule has 2 N–H and O–H groups in total. The highest BCUT2D eigenvalue weighted by atomic mass is 127. The van der Waals surface area contributed by atoms with Gasteiger partial charge in [0.25, 0.3) is 10.0 Å². The van der Waals surface area contributed by atoms with E-state index >= 15 is 0 Å². The van der Waals surface area contributed by atoms with E-state index in [-0.39, 0.29) is 24.0 Å². The molecule has 1 aromatic heterocycles. The largest absolute Gasteiger partial charge is 0.370 e. The number of likely N-dealkylation sites (tertiary alicyclic amines) is 1. The lowest BCUT2D eigenvalue weighted by molar-refractivity contribution is 0.338.